The standard InChI is InChI=1S/C40H81NO5/c1-3-5-7-8-9-10-11-12-13-14-15-16-17-18-19-20-21-22-23-24-25-26-27-28-29-30-32-34-38(44)40(46)41-36(35-42)39(45)37(43)33-31-6-4-2/h36-39,42-45H,3-35H2,1-2H3,(H,41,46). The Hall–Kier alpha value is -0.690. The second-order valence-electron chi connectivity index (χ2n) is 14.3. The molecule has 0 bridgehead atoms. The van der Waals surface area contributed by atoms with E-state index in [4.69, 9.17) is 0 Å². The van der Waals surface area contributed by atoms with Crippen LogP contribution in [0.4, 0.5) is 0 Å². The molecule has 0 aromatic heterocycles. The fraction of sp³-hybridized carbons (Fsp3) is 0.975. The van der Waals surface area contributed by atoms with Crippen molar-refractivity contribution in [2.24, 2.45) is 0 Å². The highest BCUT2D eigenvalue weighted by Gasteiger charge is 2.28. The van der Waals surface area contributed by atoms with E-state index < -0.39 is 36.9 Å². The van der Waals surface area contributed by atoms with Crippen LogP contribution in [-0.2, 0) is 4.79 Å². The van der Waals surface area contributed by atoms with Crippen LogP contribution in [0.5, 0.6) is 0 Å². The summed E-state index contributed by atoms with van der Waals surface area (Å²) in [6.07, 6.45) is 36.7. The first-order chi connectivity index (χ1) is 22.5. The summed E-state index contributed by atoms with van der Waals surface area (Å²) < 4.78 is 0. The zero-order valence-electron chi connectivity index (χ0n) is 30.8. The number of carbonyl (C=O) groups excluding carboxylic acids is 1. The second-order valence-corrected chi connectivity index (χ2v) is 14.3. The Morgan fingerprint density at radius 1 is 0.457 bits per heavy atom. The first-order valence-corrected chi connectivity index (χ1v) is 20.4. The van der Waals surface area contributed by atoms with Crippen LogP contribution in [0.2, 0.25) is 0 Å². The first kappa shape index (κ1) is 45.3. The minimum Gasteiger partial charge on any atom is -0.394 e. The molecule has 4 atom stereocenters. The topological polar surface area (TPSA) is 110 Å². The Labute approximate surface area is 286 Å². The van der Waals surface area contributed by atoms with Gasteiger partial charge in [-0.1, -0.05) is 206 Å². The van der Waals surface area contributed by atoms with E-state index in [-0.39, 0.29) is 0 Å². The van der Waals surface area contributed by atoms with Crippen molar-refractivity contribution < 1.29 is 25.2 Å². The van der Waals surface area contributed by atoms with Gasteiger partial charge in [0, 0.05) is 0 Å². The number of aliphatic hydroxyl groups excluding tert-OH is 4. The highest BCUT2D eigenvalue weighted by atomic mass is 16.3. The van der Waals surface area contributed by atoms with Gasteiger partial charge in [0.05, 0.1) is 18.8 Å². The van der Waals surface area contributed by atoms with Crippen LogP contribution in [0.3, 0.4) is 0 Å². The SMILES string of the molecule is CCCCCCCCCCCCCCCCCCCCCCCCCCCCCC(O)C(=O)NC(CO)C(O)C(O)CCCCC. The summed E-state index contributed by atoms with van der Waals surface area (Å²) in [7, 11) is 0. The molecule has 0 saturated carbocycles. The molecule has 0 rings (SSSR count). The zero-order chi connectivity index (χ0) is 33.9. The minimum absolute atomic E-state index is 0.374. The van der Waals surface area contributed by atoms with Gasteiger partial charge in [0.1, 0.15) is 12.2 Å². The number of hydrogen-bond donors (Lipinski definition) is 5. The van der Waals surface area contributed by atoms with Crippen LogP contribution in [0, 0.1) is 0 Å². The molecule has 0 spiro atoms. The Balaban J connectivity index is 3.44. The lowest BCUT2D eigenvalue weighted by Crippen LogP contribution is -2.53. The summed E-state index contributed by atoms with van der Waals surface area (Å²) in [5.74, 6) is -0.589. The lowest BCUT2D eigenvalue weighted by molar-refractivity contribution is -0.132. The Bertz CT molecular complexity index is 618. The average Bonchev–Trinajstić information content (AvgIpc) is 3.06. The maximum absolute atomic E-state index is 12.3. The lowest BCUT2D eigenvalue weighted by Gasteiger charge is -2.27. The van der Waals surface area contributed by atoms with Crippen molar-refractivity contribution in [1.82, 2.24) is 5.32 Å². The Morgan fingerprint density at radius 3 is 1.07 bits per heavy atom. The summed E-state index contributed by atoms with van der Waals surface area (Å²) in [6.45, 7) is 3.87. The van der Waals surface area contributed by atoms with Crippen molar-refractivity contribution in [3.63, 3.8) is 0 Å². The fourth-order valence-corrected chi connectivity index (χ4v) is 6.52. The number of unbranched alkanes of at least 4 members (excludes halogenated alkanes) is 28. The molecule has 0 aliphatic rings. The van der Waals surface area contributed by atoms with Crippen LogP contribution in [0.25, 0.3) is 0 Å². The Kier molecular flexibility index (Phi) is 35.1. The van der Waals surface area contributed by atoms with Crippen molar-refractivity contribution in [2.75, 3.05) is 6.61 Å². The van der Waals surface area contributed by atoms with Crippen LogP contribution >= 0.6 is 0 Å². The molecule has 276 valence electrons. The molecule has 1 amide bonds. The van der Waals surface area contributed by atoms with E-state index in [0.717, 1.165) is 38.5 Å². The third kappa shape index (κ3) is 29.4. The maximum atomic E-state index is 12.3. The van der Waals surface area contributed by atoms with Crippen molar-refractivity contribution in [2.45, 2.75) is 244 Å². The molecule has 0 saturated heterocycles. The molecule has 6 nitrogen and oxygen atoms in total. The van der Waals surface area contributed by atoms with Gasteiger partial charge in [-0.15, -0.1) is 0 Å². The average molecular weight is 656 g/mol. The van der Waals surface area contributed by atoms with Gasteiger partial charge >= 0.3 is 0 Å². The van der Waals surface area contributed by atoms with Crippen LogP contribution in [0.1, 0.15) is 219 Å². The molecule has 0 radical (unpaired) electrons. The summed E-state index contributed by atoms with van der Waals surface area (Å²) in [5, 5.41) is 42.7. The zero-order valence-corrected chi connectivity index (χ0v) is 30.8. The number of amides is 1. The third-order valence-electron chi connectivity index (χ3n) is 9.82. The van der Waals surface area contributed by atoms with Crippen LogP contribution in [-0.4, -0.2) is 57.3 Å². The van der Waals surface area contributed by atoms with Crippen molar-refractivity contribution in [3.8, 4) is 0 Å². The van der Waals surface area contributed by atoms with Crippen LogP contribution < -0.4 is 5.32 Å². The smallest absolute Gasteiger partial charge is 0.249 e. The molecule has 0 aliphatic heterocycles. The van der Waals surface area contributed by atoms with Crippen LogP contribution in [0.15, 0.2) is 0 Å². The summed E-state index contributed by atoms with van der Waals surface area (Å²) >= 11 is 0. The quantitative estimate of drug-likeness (QED) is 0.0428. The van der Waals surface area contributed by atoms with Crippen molar-refractivity contribution in [1.29, 1.82) is 0 Å². The number of hydrogen-bond acceptors (Lipinski definition) is 5. The van der Waals surface area contributed by atoms with Gasteiger partial charge in [-0.25, -0.2) is 0 Å². The number of aliphatic hydroxyl groups is 4. The van der Waals surface area contributed by atoms with Gasteiger partial charge in [-0.05, 0) is 12.8 Å². The fourth-order valence-electron chi connectivity index (χ4n) is 6.52. The largest absolute Gasteiger partial charge is 0.394 e. The van der Waals surface area contributed by atoms with Crippen molar-refractivity contribution >= 4 is 5.91 Å². The van der Waals surface area contributed by atoms with Gasteiger partial charge in [0.15, 0.2) is 0 Å². The van der Waals surface area contributed by atoms with E-state index in [1.807, 2.05) is 0 Å². The molecule has 0 heterocycles. The van der Waals surface area contributed by atoms with Gasteiger partial charge in [-0.3, -0.25) is 4.79 Å². The lowest BCUT2D eigenvalue weighted by atomic mass is 10.00. The number of rotatable bonds is 37. The predicted molar refractivity (Wildman–Crippen MR) is 196 cm³/mol. The molecule has 4 unspecified atom stereocenters. The normalized spacial score (nSPS) is 14.3. The monoisotopic (exact) mass is 656 g/mol. The molecule has 0 aromatic rings. The van der Waals surface area contributed by atoms with Crippen molar-refractivity contribution in [3.05, 3.63) is 0 Å². The number of carbonyl (C=O) groups is 1. The van der Waals surface area contributed by atoms with Gasteiger partial charge < -0.3 is 25.7 Å². The highest BCUT2D eigenvalue weighted by molar-refractivity contribution is 5.80. The highest BCUT2D eigenvalue weighted by Crippen LogP contribution is 2.17. The summed E-state index contributed by atoms with van der Waals surface area (Å²) in [5.41, 5.74) is 0. The van der Waals surface area contributed by atoms with Gasteiger partial charge in [0.2, 0.25) is 5.91 Å². The van der Waals surface area contributed by atoms with E-state index in [0.29, 0.717) is 12.8 Å². The molecule has 0 fully saturated rings. The molecule has 0 aliphatic carbocycles. The van der Waals surface area contributed by atoms with E-state index in [2.05, 4.69) is 19.2 Å². The maximum Gasteiger partial charge on any atom is 0.249 e. The Morgan fingerprint density at radius 2 is 0.739 bits per heavy atom. The molecule has 0 aromatic carbocycles. The second kappa shape index (κ2) is 35.6. The molecular weight excluding hydrogens is 574 g/mol. The molecule has 5 N–H and O–H groups in total. The number of nitrogens with one attached hydrogen (secondary N) is 1. The summed E-state index contributed by atoms with van der Waals surface area (Å²) in [4.78, 5) is 12.3. The third-order valence-corrected chi connectivity index (χ3v) is 9.82. The van der Waals surface area contributed by atoms with Gasteiger partial charge in [-0.2, -0.15) is 0 Å². The molecule has 6 heteroatoms. The van der Waals surface area contributed by atoms with E-state index in [1.165, 1.54) is 154 Å². The van der Waals surface area contributed by atoms with E-state index in [9.17, 15) is 25.2 Å². The first-order valence-electron chi connectivity index (χ1n) is 20.4. The van der Waals surface area contributed by atoms with E-state index >= 15 is 0 Å². The predicted octanol–water partition coefficient (Wildman–Crippen LogP) is 10.1. The molecular formula is C40H81NO5. The minimum atomic E-state index is -1.25. The van der Waals surface area contributed by atoms with E-state index in [1.54, 1.807) is 0 Å². The summed E-state index contributed by atoms with van der Waals surface area (Å²) in [6, 6.07) is -0.974. The molecule has 46 heavy (non-hydrogen) atoms. The van der Waals surface area contributed by atoms with Gasteiger partial charge in [0.25, 0.3) is 0 Å².